The highest BCUT2D eigenvalue weighted by atomic mass is 32.2. The summed E-state index contributed by atoms with van der Waals surface area (Å²) in [4.78, 5) is 46.5. The molecule has 0 aliphatic carbocycles. The number of thioether (sulfide) groups is 1. The predicted molar refractivity (Wildman–Crippen MR) is 169 cm³/mol. The number of benzene rings is 3. The molecule has 1 saturated heterocycles. The minimum atomic E-state index is -1.07. The largest absolute Gasteiger partial charge is 0.508 e. The van der Waals surface area contributed by atoms with Crippen LogP contribution in [0.15, 0.2) is 76.6 Å². The molecule has 5 N–H and O–H groups in total. The second kappa shape index (κ2) is 14.0. The van der Waals surface area contributed by atoms with Crippen LogP contribution in [0.4, 0.5) is 5.69 Å². The SMILES string of the molecule is COc1cc(/C=C2\SC(=Nc3ccccc3)N([C@H](C(=O)N[C@@H](Cc3ccc(O)cc3)C(N)=O)C(C)C)C2=O)cc(OC)c1O. The maximum absolute atomic E-state index is 14.0. The van der Waals surface area contributed by atoms with Gasteiger partial charge >= 0.3 is 0 Å². The maximum Gasteiger partial charge on any atom is 0.267 e. The summed E-state index contributed by atoms with van der Waals surface area (Å²) in [6.45, 7) is 3.58. The Labute approximate surface area is 259 Å². The molecule has 230 valence electrons. The number of para-hydroxylation sites is 1. The number of nitrogens with one attached hydrogen (secondary N) is 1. The van der Waals surface area contributed by atoms with Gasteiger partial charge in [-0.1, -0.05) is 44.2 Å². The Bertz CT molecular complexity index is 1560. The van der Waals surface area contributed by atoms with Gasteiger partial charge in [-0.15, -0.1) is 0 Å². The molecule has 11 nitrogen and oxygen atoms in total. The molecule has 0 unspecified atom stereocenters. The molecule has 3 aromatic rings. The number of ether oxygens (including phenoxy) is 2. The maximum atomic E-state index is 14.0. The fourth-order valence-electron chi connectivity index (χ4n) is 4.64. The van der Waals surface area contributed by atoms with E-state index in [-0.39, 0.29) is 39.5 Å². The number of phenols is 2. The number of aromatic hydroxyl groups is 2. The summed E-state index contributed by atoms with van der Waals surface area (Å²) in [6, 6.07) is 16.2. The average Bonchev–Trinajstić information content (AvgIpc) is 3.28. The number of aliphatic imine (C=N–C) groups is 1. The van der Waals surface area contributed by atoms with Crippen molar-refractivity contribution in [2.75, 3.05) is 14.2 Å². The molecule has 0 saturated carbocycles. The molecule has 0 radical (unpaired) electrons. The van der Waals surface area contributed by atoms with Crippen LogP contribution in [-0.2, 0) is 20.8 Å². The number of hydrogen-bond donors (Lipinski definition) is 4. The third-order valence-corrected chi connectivity index (χ3v) is 7.82. The predicted octanol–water partition coefficient (Wildman–Crippen LogP) is 3.96. The van der Waals surface area contributed by atoms with Gasteiger partial charge in [-0.2, -0.15) is 0 Å². The van der Waals surface area contributed by atoms with Crippen molar-refractivity contribution in [1.29, 1.82) is 0 Å². The highest BCUT2D eigenvalue weighted by molar-refractivity contribution is 8.18. The van der Waals surface area contributed by atoms with Crippen molar-refractivity contribution < 1.29 is 34.1 Å². The molecule has 1 aliphatic heterocycles. The number of nitrogens with two attached hydrogens (primary N) is 1. The summed E-state index contributed by atoms with van der Waals surface area (Å²) in [6.07, 6.45) is 1.69. The molecular formula is C32H34N4O7S. The number of primary amides is 1. The standard InChI is InChI=1S/C32H34N4O7S/c1-18(2)27(30(40)35-23(29(33)39)14-19-10-12-22(37)13-11-19)36-31(41)26(44-32(36)34-21-8-6-5-7-9-21)17-20-15-24(42-3)28(38)25(16-20)43-4/h5-13,15-18,23,27,37-38H,14H2,1-4H3,(H2,33,39)(H,35,40)/b26-17-,34-32?/t23-,27-/m0/s1. The molecule has 3 aromatic carbocycles. The number of nitrogens with zero attached hydrogens (tertiary/aromatic N) is 2. The zero-order valence-corrected chi connectivity index (χ0v) is 25.5. The molecule has 3 amide bonds. The Morgan fingerprint density at radius 1 is 1.02 bits per heavy atom. The van der Waals surface area contributed by atoms with Crippen LogP contribution < -0.4 is 20.5 Å². The molecule has 4 rings (SSSR count). The molecular weight excluding hydrogens is 584 g/mol. The van der Waals surface area contributed by atoms with Crippen LogP contribution in [0.1, 0.15) is 25.0 Å². The summed E-state index contributed by atoms with van der Waals surface area (Å²) >= 11 is 1.09. The van der Waals surface area contributed by atoms with E-state index in [4.69, 9.17) is 20.2 Å². The molecule has 1 aliphatic rings. The van der Waals surface area contributed by atoms with Gasteiger partial charge in [0.1, 0.15) is 17.8 Å². The summed E-state index contributed by atoms with van der Waals surface area (Å²) in [5.41, 5.74) is 7.43. The lowest BCUT2D eigenvalue weighted by Gasteiger charge is -2.30. The average molecular weight is 619 g/mol. The van der Waals surface area contributed by atoms with Gasteiger partial charge in [0.05, 0.1) is 24.8 Å². The Morgan fingerprint density at radius 2 is 1.64 bits per heavy atom. The van der Waals surface area contributed by atoms with Crippen LogP contribution in [0.5, 0.6) is 23.0 Å². The van der Waals surface area contributed by atoms with Crippen LogP contribution in [0.3, 0.4) is 0 Å². The van der Waals surface area contributed by atoms with E-state index < -0.39 is 35.7 Å². The number of rotatable bonds is 11. The number of amidine groups is 1. The van der Waals surface area contributed by atoms with Crippen molar-refractivity contribution in [2.45, 2.75) is 32.4 Å². The monoisotopic (exact) mass is 618 g/mol. The Hall–Kier alpha value is -4.97. The second-order valence-electron chi connectivity index (χ2n) is 10.3. The van der Waals surface area contributed by atoms with Gasteiger partial charge in [0.15, 0.2) is 16.7 Å². The highest BCUT2D eigenvalue weighted by Gasteiger charge is 2.43. The quantitative estimate of drug-likeness (QED) is 0.235. The first-order valence-electron chi connectivity index (χ1n) is 13.7. The van der Waals surface area contributed by atoms with Gasteiger partial charge < -0.3 is 30.7 Å². The van der Waals surface area contributed by atoms with Crippen LogP contribution in [0, 0.1) is 5.92 Å². The topological polar surface area (TPSA) is 164 Å². The van der Waals surface area contributed by atoms with Crippen molar-refractivity contribution in [3.05, 3.63) is 82.8 Å². The molecule has 1 fully saturated rings. The Morgan fingerprint density at radius 3 is 2.18 bits per heavy atom. The molecule has 0 bridgehead atoms. The minimum absolute atomic E-state index is 0.0663. The van der Waals surface area contributed by atoms with Crippen molar-refractivity contribution in [1.82, 2.24) is 10.2 Å². The normalized spacial score (nSPS) is 16.3. The zero-order chi connectivity index (χ0) is 32.0. The zero-order valence-electron chi connectivity index (χ0n) is 24.7. The fourth-order valence-corrected chi connectivity index (χ4v) is 5.66. The van der Waals surface area contributed by atoms with E-state index >= 15 is 0 Å². The van der Waals surface area contributed by atoms with E-state index in [1.54, 1.807) is 56.3 Å². The molecule has 2 atom stereocenters. The molecule has 0 aromatic heterocycles. The number of phenolic OH excluding ortho intramolecular Hbond substituents is 2. The Balaban J connectivity index is 1.72. The second-order valence-corrected chi connectivity index (χ2v) is 11.3. The summed E-state index contributed by atoms with van der Waals surface area (Å²) in [5.74, 6) is -1.98. The third-order valence-electron chi connectivity index (χ3n) is 6.83. The third kappa shape index (κ3) is 7.32. The number of methoxy groups -OCH3 is 2. The number of carbonyl (C=O) groups excluding carboxylic acids is 3. The van der Waals surface area contributed by atoms with Gasteiger partial charge in [-0.05, 0) is 71.3 Å². The van der Waals surface area contributed by atoms with Gasteiger partial charge in [-0.25, -0.2) is 4.99 Å². The van der Waals surface area contributed by atoms with Crippen LogP contribution in [0.2, 0.25) is 0 Å². The lowest BCUT2D eigenvalue weighted by molar-refractivity contribution is -0.136. The first-order valence-corrected chi connectivity index (χ1v) is 14.5. The summed E-state index contributed by atoms with van der Waals surface area (Å²) in [7, 11) is 2.81. The van der Waals surface area contributed by atoms with Crippen LogP contribution in [-0.4, -0.2) is 64.3 Å². The van der Waals surface area contributed by atoms with E-state index in [2.05, 4.69) is 5.32 Å². The first-order chi connectivity index (χ1) is 21.0. The highest BCUT2D eigenvalue weighted by Crippen LogP contribution is 2.41. The van der Waals surface area contributed by atoms with E-state index in [0.717, 1.165) is 11.8 Å². The van der Waals surface area contributed by atoms with E-state index in [9.17, 15) is 24.6 Å². The molecule has 0 spiro atoms. The number of amides is 3. The van der Waals surface area contributed by atoms with Crippen molar-refractivity contribution >= 4 is 46.4 Å². The van der Waals surface area contributed by atoms with Gasteiger partial charge in [0.2, 0.25) is 17.6 Å². The fraction of sp³-hybridized carbons (Fsp3) is 0.250. The molecule has 1 heterocycles. The summed E-state index contributed by atoms with van der Waals surface area (Å²) in [5, 5.41) is 22.9. The van der Waals surface area contributed by atoms with Crippen molar-refractivity contribution in [3.63, 3.8) is 0 Å². The van der Waals surface area contributed by atoms with Crippen molar-refractivity contribution in [3.8, 4) is 23.0 Å². The van der Waals surface area contributed by atoms with E-state index in [1.807, 2.05) is 18.2 Å². The van der Waals surface area contributed by atoms with Crippen molar-refractivity contribution in [2.24, 2.45) is 16.6 Å². The Kier molecular flexibility index (Phi) is 10.2. The number of hydrogen-bond acceptors (Lipinski definition) is 9. The van der Waals surface area contributed by atoms with Gasteiger partial charge in [0.25, 0.3) is 5.91 Å². The van der Waals surface area contributed by atoms with Gasteiger partial charge in [-0.3, -0.25) is 19.3 Å². The van der Waals surface area contributed by atoms with E-state index in [0.29, 0.717) is 16.8 Å². The lowest BCUT2D eigenvalue weighted by atomic mass is 9.99. The molecule has 44 heavy (non-hydrogen) atoms. The number of carbonyl (C=O) groups is 3. The summed E-state index contributed by atoms with van der Waals surface area (Å²) < 4.78 is 10.5. The van der Waals surface area contributed by atoms with Crippen LogP contribution in [0.25, 0.3) is 6.08 Å². The lowest BCUT2D eigenvalue weighted by Crippen LogP contribution is -2.56. The molecule has 12 heteroatoms. The van der Waals surface area contributed by atoms with E-state index in [1.165, 1.54) is 31.3 Å². The smallest absolute Gasteiger partial charge is 0.267 e. The van der Waals surface area contributed by atoms with Crippen LogP contribution >= 0.6 is 11.8 Å². The van der Waals surface area contributed by atoms with Gasteiger partial charge in [0, 0.05) is 6.42 Å². The first kappa shape index (κ1) is 32.0. The minimum Gasteiger partial charge on any atom is -0.508 e.